The number of para-hydroxylation sites is 1. The lowest BCUT2D eigenvalue weighted by Gasteiger charge is -2.02. The number of thioether (sulfide) groups is 1. The monoisotopic (exact) mass is 394 g/mol. The van der Waals surface area contributed by atoms with Gasteiger partial charge >= 0.3 is 5.63 Å². The summed E-state index contributed by atoms with van der Waals surface area (Å²) in [4.78, 5) is 29.7. The van der Waals surface area contributed by atoms with Gasteiger partial charge in [0.15, 0.2) is 5.13 Å². The van der Waals surface area contributed by atoms with Gasteiger partial charge in [-0.05, 0) is 24.3 Å². The number of nitrogens with zero attached hydrogens (tertiary/aromatic N) is 1. The number of thiazole rings is 1. The van der Waals surface area contributed by atoms with Crippen LogP contribution in [0.3, 0.4) is 0 Å². The van der Waals surface area contributed by atoms with Crippen LogP contribution in [-0.4, -0.2) is 16.6 Å². The Morgan fingerprint density at radius 2 is 1.89 bits per heavy atom. The second-order valence-corrected chi connectivity index (χ2v) is 7.58. The van der Waals surface area contributed by atoms with Crippen LogP contribution < -0.4 is 10.9 Å². The molecule has 0 atom stereocenters. The number of carbonyl (C=O) groups excluding carboxylic acids is 1. The van der Waals surface area contributed by atoms with Crippen LogP contribution in [0.2, 0.25) is 0 Å². The summed E-state index contributed by atoms with van der Waals surface area (Å²) < 4.78 is 5.34. The molecule has 4 aromatic rings. The quantitative estimate of drug-likeness (QED) is 0.394. The van der Waals surface area contributed by atoms with Crippen LogP contribution in [0, 0.1) is 0 Å². The first-order valence-corrected chi connectivity index (χ1v) is 10.0. The number of nitrogens with one attached hydrogen (secondary N) is 1. The van der Waals surface area contributed by atoms with E-state index < -0.39 is 5.63 Å². The van der Waals surface area contributed by atoms with Crippen molar-refractivity contribution in [3.63, 3.8) is 0 Å². The van der Waals surface area contributed by atoms with Crippen molar-refractivity contribution in [1.29, 1.82) is 0 Å². The molecule has 0 bridgehead atoms. The van der Waals surface area contributed by atoms with Gasteiger partial charge in [0.1, 0.15) is 5.58 Å². The minimum Gasteiger partial charge on any atom is -0.422 e. The van der Waals surface area contributed by atoms with Crippen molar-refractivity contribution >= 4 is 45.1 Å². The molecule has 2 aromatic carbocycles. The maximum atomic E-state index is 12.2. The Morgan fingerprint density at radius 1 is 1.11 bits per heavy atom. The van der Waals surface area contributed by atoms with Gasteiger partial charge < -0.3 is 9.73 Å². The van der Waals surface area contributed by atoms with E-state index in [1.54, 1.807) is 17.5 Å². The van der Waals surface area contributed by atoms with Gasteiger partial charge in [-0.3, -0.25) is 4.79 Å². The summed E-state index contributed by atoms with van der Waals surface area (Å²) >= 11 is 2.73. The Kier molecular flexibility index (Phi) is 5.04. The predicted octanol–water partition coefficient (Wildman–Crippen LogP) is 4.65. The number of rotatable bonds is 5. The van der Waals surface area contributed by atoms with Gasteiger partial charge in [-0.15, -0.1) is 23.1 Å². The number of fused-ring (bicyclic) bond motifs is 1. The summed E-state index contributed by atoms with van der Waals surface area (Å²) in [7, 11) is 0. The van der Waals surface area contributed by atoms with Crippen LogP contribution in [-0.2, 0) is 4.79 Å². The van der Waals surface area contributed by atoms with Gasteiger partial charge in [-0.2, -0.15) is 0 Å². The minimum absolute atomic E-state index is 0.143. The number of aromatic nitrogens is 1. The van der Waals surface area contributed by atoms with Gasteiger partial charge in [0.25, 0.3) is 0 Å². The Labute approximate surface area is 163 Å². The minimum atomic E-state index is -0.448. The lowest BCUT2D eigenvalue weighted by Crippen LogP contribution is -2.13. The normalized spacial score (nSPS) is 10.8. The van der Waals surface area contributed by atoms with E-state index in [1.165, 1.54) is 23.1 Å². The molecule has 0 radical (unpaired) electrons. The number of anilines is 1. The maximum absolute atomic E-state index is 12.2. The first-order chi connectivity index (χ1) is 13.2. The Morgan fingerprint density at radius 3 is 2.74 bits per heavy atom. The van der Waals surface area contributed by atoms with E-state index in [0.29, 0.717) is 22.0 Å². The van der Waals surface area contributed by atoms with Crippen LogP contribution in [0.25, 0.3) is 22.2 Å². The summed E-state index contributed by atoms with van der Waals surface area (Å²) in [5, 5.41) is 5.79. The highest BCUT2D eigenvalue weighted by atomic mass is 32.2. The van der Waals surface area contributed by atoms with E-state index >= 15 is 0 Å². The van der Waals surface area contributed by atoms with Gasteiger partial charge in [0, 0.05) is 15.7 Å². The van der Waals surface area contributed by atoms with Crippen LogP contribution in [0.15, 0.2) is 80.2 Å². The Bertz CT molecular complexity index is 1150. The molecule has 5 nitrogen and oxygen atoms in total. The van der Waals surface area contributed by atoms with Crippen LogP contribution in [0.4, 0.5) is 5.13 Å². The third-order valence-electron chi connectivity index (χ3n) is 3.78. The number of hydrogen-bond donors (Lipinski definition) is 1. The number of hydrogen-bond acceptors (Lipinski definition) is 6. The molecule has 1 N–H and O–H groups in total. The van der Waals surface area contributed by atoms with E-state index in [0.717, 1.165) is 10.3 Å². The van der Waals surface area contributed by atoms with E-state index in [1.807, 2.05) is 48.5 Å². The molecule has 0 aliphatic heterocycles. The molecule has 2 aromatic heterocycles. The topological polar surface area (TPSA) is 72.2 Å². The third-order valence-corrected chi connectivity index (χ3v) is 5.55. The second kappa shape index (κ2) is 7.77. The summed E-state index contributed by atoms with van der Waals surface area (Å²) in [6.07, 6.45) is 0. The zero-order chi connectivity index (χ0) is 18.6. The molecule has 4 rings (SSSR count). The molecule has 2 heterocycles. The standard InChI is InChI=1S/C20H14N2O3S2/c23-18(12-26-14-7-2-1-3-8-14)22-20-21-16(11-27-20)15-10-13-6-4-5-9-17(13)25-19(15)24/h1-11H,12H2,(H,21,22,23). The lowest BCUT2D eigenvalue weighted by molar-refractivity contribution is -0.113. The molecule has 0 saturated carbocycles. The van der Waals surface area contributed by atoms with Gasteiger partial charge in [0.05, 0.1) is 17.0 Å². The fourth-order valence-corrected chi connectivity index (χ4v) is 3.96. The van der Waals surface area contributed by atoms with E-state index in [9.17, 15) is 9.59 Å². The van der Waals surface area contributed by atoms with Crippen molar-refractivity contribution in [3.8, 4) is 11.3 Å². The highest BCUT2D eigenvalue weighted by Gasteiger charge is 2.13. The average molecular weight is 394 g/mol. The van der Waals surface area contributed by atoms with Gasteiger partial charge in [-0.1, -0.05) is 36.4 Å². The molecule has 27 heavy (non-hydrogen) atoms. The smallest absolute Gasteiger partial charge is 0.345 e. The average Bonchev–Trinajstić information content (AvgIpc) is 3.15. The molecule has 0 aliphatic carbocycles. The zero-order valence-electron chi connectivity index (χ0n) is 14.0. The first kappa shape index (κ1) is 17.5. The summed E-state index contributed by atoms with van der Waals surface area (Å²) in [5.41, 5.74) is 0.957. The van der Waals surface area contributed by atoms with Crippen molar-refractivity contribution < 1.29 is 9.21 Å². The fraction of sp³-hybridized carbons (Fsp3) is 0.0500. The van der Waals surface area contributed by atoms with Crippen molar-refractivity contribution in [3.05, 3.63) is 76.5 Å². The van der Waals surface area contributed by atoms with E-state index in [-0.39, 0.29) is 11.7 Å². The first-order valence-electron chi connectivity index (χ1n) is 8.15. The maximum Gasteiger partial charge on any atom is 0.345 e. The highest BCUT2D eigenvalue weighted by molar-refractivity contribution is 8.00. The summed E-state index contributed by atoms with van der Waals surface area (Å²) in [6, 6.07) is 18.8. The Balaban J connectivity index is 1.48. The number of carbonyl (C=O) groups is 1. The zero-order valence-corrected chi connectivity index (χ0v) is 15.7. The summed E-state index contributed by atoms with van der Waals surface area (Å²) in [5.74, 6) is 0.145. The van der Waals surface area contributed by atoms with Crippen LogP contribution >= 0.6 is 23.1 Å². The van der Waals surface area contributed by atoms with Crippen molar-refractivity contribution in [2.45, 2.75) is 4.90 Å². The molecule has 7 heteroatoms. The molecule has 0 aliphatic rings. The van der Waals surface area contributed by atoms with Crippen LogP contribution in [0.5, 0.6) is 0 Å². The lowest BCUT2D eigenvalue weighted by atomic mass is 10.1. The largest absolute Gasteiger partial charge is 0.422 e. The van der Waals surface area contributed by atoms with Crippen LogP contribution in [0.1, 0.15) is 0 Å². The third kappa shape index (κ3) is 4.10. The molecule has 0 fully saturated rings. The molecule has 1 amide bonds. The fourth-order valence-electron chi connectivity index (χ4n) is 2.52. The number of amides is 1. The van der Waals surface area contributed by atoms with Crippen molar-refractivity contribution in [2.75, 3.05) is 11.1 Å². The van der Waals surface area contributed by atoms with Gasteiger partial charge in [-0.25, -0.2) is 9.78 Å². The Hall–Kier alpha value is -2.90. The van der Waals surface area contributed by atoms with Crippen molar-refractivity contribution in [1.82, 2.24) is 4.98 Å². The molecule has 0 spiro atoms. The number of benzene rings is 2. The molecular weight excluding hydrogens is 380 g/mol. The summed E-state index contributed by atoms with van der Waals surface area (Å²) in [6.45, 7) is 0. The van der Waals surface area contributed by atoms with E-state index in [2.05, 4.69) is 10.3 Å². The molecule has 134 valence electrons. The van der Waals surface area contributed by atoms with Crippen molar-refractivity contribution in [2.24, 2.45) is 0 Å². The SMILES string of the molecule is O=C(CSc1ccccc1)Nc1nc(-c2cc3ccccc3oc2=O)cs1. The second-order valence-electron chi connectivity index (χ2n) is 5.67. The predicted molar refractivity (Wildman–Crippen MR) is 109 cm³/mol. The molecule has 0 saturated heterocycles. The highest BCUT2D eigenvalue weighted by Crippen LogP contribution is 2.25. The van der Waals surface area contributed by atoms with Gasteiger partial charge in [0.2, 0.25) is 5.91 Å². The molecular formula is C20H14N2O3S2. The van der Waals surface area contributed by atoms with E-state index in [4.69, 9.17) is 4.42 Å². The molecule has 0 unspecified atom stereocenters.